The zero-order valence-corrected chi connectivity index (χ0v) is 15.8. The molecule has 0 aromatic heterocycles. The van der Waals surface area contributed by atoms with Crippen molar-refractivity contribution in [1.29, 1.82) is 0 Å². The second-order valence-electron chi connectivity index (χ2n) is 6.59. The molecule has 0 bridgehead atoms. The van der Waals surface area contributed by atoms with Gasteiger partial charge < -0.3 is 15.0 Å². The average molecular weight is 372 g/mol. The quantitative estimate of drug-likeness (QED) is 0.774. The summed E-state index contributed by atoms with van der Waals surface area (Å²) in [5, 5.41) is 2.81. The van der Waals surface area contributed by atoms with Gasteiger partial charge in [-0.25, -0.2) is 4.39 Å². The molecule has 2 rings (SSSR count). The first-order valence-electron chi connectivity index (χ1n) is 8.89. The Hall–Kier alpha value is -2.89. The van der Waals surface area contributed by atoms with Gasteiger partial charge in [0.25, 0.3) is 5.91 Å². The number of halogens is 1. The van der Waals surface area contributed by atoms with Crippen molar-refractivity contribution < 1.29 is 18.7 Å². The lowest BCUT2D eigenvalue weighted by Crippen LogP contribution is -2.50. The van der Waals surface area contributed by atoms with E-state index in [1.807, 2.05) is 32.0 Å². The van der Waals surface area contributed by atoms with Gasteiger partial charge in [0, 0.05) is 12.6 Å². The average Bonchev–Trinajstić information content (AvgIpc) is 2.65. The molecule has 0 saturated carbocycles. The van der Waals surface area contributed by atoms with E-state index in [4.69, 9.17) is 4.74 Å². The van der Waals surface area contributed by atoms with E-state index in [0.29, 0.717) is 5.75 Å². The highest BCUT2D eigenvalue weighted by molar-refractivity contribution is 5.88. The fraction of sp³-hybridized carbons (Fsp3) is 0.333. The maximum absolute atomic E-state index is 13.2. The van der Waals surface area contributed by atoms with E-state index < -0.39 is 6.04 Å². The molecule has 6 heteroatoms. The Bertz CT molecular complexity index is 748. The molecule has 2 aromatic rings. The molecule has 1 N–H and O–H groups in total. The maximum atomic E-state index is 13.2. The second-order valence-corrected chi connectivity index (χ2v) is 6.59. The van der Waals surface area contributed by atoms with Gasteiger partial charge in [0.2, 0.25) is 5.91 Å². The monoisotopic (exact) mass is 372 g/mol. The smallest absolute Gasteiger partial charge is 0.261 e. The molecular formula is C21H25FN2O3. The summed E-state index contributed by atoms with van der Waals surface area (Å²) in [5.41, 5.74) is 0.730. The van der Waals surface area contributed by atoms with Crippen LogP contribution in [-0.4, -0.2) is 35.4 Å². The van der Waals surface area contributed by atoms with Crippen LogP contribution in [0, 0.1) is 5.82 Å². The predicted octanol–water partition coefficient (Wildman–Crippen LogP) is 3.15. The Morgan fingerprint density at radius 3 is 2.26 bits per heavy atom. The third-order valence-electron chi connectivity index (χ3n) is 3.97. The number of amides is 2. The number of benzene rings is 2. The van der Waals surface area contributed by atoms with Gasteiger partial charge in [0.05, 0.1) is 0 Å². The Balaban J connectivity index is 2.12. The Labute approximate surface area is 159 Å². The molecule has 2 amide bonds. The SMILES string of the molecule is CC(C)NC(=O)[C@@H](C)N(Cc1ccc(F)cc1)C(=O)COc1ccccc1. The molecule has 2 aromatic carbocycles. The minimum Gasteiger partial charge on any atom is -0.484 e. The zero-order chi connectivity index (χ0) is 19.8. The molecule has 0 aliphatic heterocycles. The fourth-order valence-corrected chi connectivity index (χ4v) is 2.52. The summed E-state index contributed by atoms with van der Waals surface area (Å²) in [6, 6.07) is 14.1. The van der Waals surface area contributed by atoms with E-state index in [2.05, 4.69) is 5.32 Å². The third-order valence-corrected chi connectivity index (χ3v) is 3.97. The minimum atomic E-state index is -0.690. The summed E-state index contributed by atoms with van der Waals surface area (Å²) in [6.07, 6.45) is 0. The van der Waals surface area contributed by atoms with Crippen molar-refractivity contribution in [2.45, 2.75) is 39.4 Å². The normalized spacial score (nSPS) is 11.7. The highest BCUT2D eigenvalue weighted by Gasteiger charge is 2.26. The summed E-state index contributed by atoms with van der Waals surface area (Å²) in [5.74, 6) is -0.351. The highest BCUT2D eigenvalue weighted by Crippen LogP contribution is 2.13. The van der Waals surface area contributed by atoms with Gasteiger partial charge in [-0.2, -0.15) is 0 Å². The second kappa shape index (κ2) is 9.71. The number of hydrogen-bond donors (Lipinski definition) is 1. The van der Waals surface area contributed by atoms with Crippen LogP contribution in [0.3, 0.4) is 0 Å². The molecular weight excluding hydrogens is 347 g/mol. The van der Waals surface area contributed by atoms with E-state index in [-0.39, 0.29) is 36.8 Å². The standard InChI is InChI=1S/C21H25FN2O3/c1-15(2)23-21(26)16(3)24(13-17-9-11-18(22)12-10-17)20(25)14-27-19-7-5-4-6-8-19/h4-12,15-16H,13-14H2,1-3H3,(H,23,26)/t16-/m1/s1. The highest BCUT2D eigenvalue weighted by atomic mass is 19.1. The fourth-order valence-electron chi connectivity index (χ4n) is 2.52. The molecule has 0 fully saturated rings. The maximum Gasteiger partial charge on any atom is 0.261 e. The predicted molar refractivity (Wildman–Crippen MR) is 102 cm³/mol. The van der Waals surface area contributed by atoms with Crippen LogP contribution in [0.1, 0.15) is 26.3 Å². The number of carbonyl (C=O) groups excluding carboxylic acids is 2. The van der Waals surface area contributed by atoms with E-state index in [9.17, 15) is 14.0 Å². The molecule has 0 spiro atoms. The summed E-state index contributed by atoms with van der Waals surface area (Å²) < 4.78 is 18.7. The van der Waals surface area contributed by atoms with Gasteiger partial charge in [0.1, 0.15) is 17.6 Å². The van der Waals surface area contributed by atoms with Gasteiger partial charge >= 0.3 is 0 Å². The van der Waals surface area contributed by atoms with Crippen LogP contribution in [-0.2, 0) is 16.1 Å². The van der Waals surface area contributed by atoms with Gasteiger partial charge in [-0.3, -0.25) is 9.59 Å². The van der Waals surface area contributed by atoms with Crippen molar-refractivity contribution in [3.05, 3.63) is 66.0 Å². The Kier molecular flexibility index (Phi) is 7.34. The van der Waals surface area contributed by atoms with E-state index >= 15 is 0 Å². The van der Waals surface area contributed by atoms with Crippen LogP contribution < -0.4 is 10.1 Å². The number of carbonyl (C=O) groups is 2. The van der Waals surface area contributed by atoms with Crippen LogP contribution in [0.15, 0.2) is 54.6 Å². The van der Waals surface area contributed by atoms with E-state index in [1.54, 1.807) is 31.2 Å². The first-order chi connectivity index (χ1) is 12.9. The topological polar surface area (TPSA) is 58.6 Å². The summed E-state index contributed by atoms with van der Waals surface area (Å²) in [7, 11) is 0. The van der Waals surface area contributed by atoms with E-state index in [0.717, 1.165) is 5.56 Å². The molecule has 0 unspecified atom stereocenters. The van der Waals surface area contributed by atoms with Gasteiger partial charge in [-0.1, -0.05) is 30.3 Å². The van der Waals surface area contributed by atoms with Crippen molar-refractivity contribution in [1.82, 2.24) is 10.2 Å². The van der Waals surface area contributed by atoms with Crippen LogP contribution in [0.25, 0.3) is 0 Å². The zero-order valence-electron chi connectivity index (χ0n) is 15.8. The Morgan fingerprint density at radius 2 is 1.67 bits per heavy atom. The van der Waals surface area contributed by atoms with Crippen LogP contribution in [0.5, 0.6) is 5.75 Å². The van der Waals surface area contributed by atoms with Gasteiger partial charge in [-0.15, -0.1) is 0 Å². The lowest BCUT2D eigenvalue weighted by atomic mass is 10.1. The molecule has 0 radical (unpaired) electrons. The molecule has 0 aliphatic carbocycles. The van der Waals surface area contributed by atoms with Crippen LogP contribution in [0.2, 0.25) is 0 Å². The molecule has 0 aliphatic rings. The number of para-hydroxylation sites is 1. The number of rotatable bonds is 8. The van der Waals surface area contributed by atoms with Crippen molar-refractivity contribution in [2.24, 2.45) is 0 Å². The number of nitrogens with zero attached hydrogens (tertiary/aromatic N) is 1. The number of ether oxygens (including phenoxy) is 1. The number of hydrogen-bond acceptors (Lipinski definition) is 3. The first-order valence-corrected chi connectivity index (χ1v) is 8.89. The van der Waals surface area contributed by atoms with Crippen molar-refractivity contribution in [3.8, 4) is 5.75 Å². The Morgan fingerprint density at radius 1 is 1.04 bits per heavy atom. The van der Waals surface area contributed by atoms with Gasteiger partial charge in [0.15, 0.2) is 6.61 Å². The van der Waals surface area contributed by atoms with Crippen LogP contribution in [0.4, 0.5) is 4.39 Å². The number of nitrogens with one attached hydrogen (secondary N) is 1. The van der Waals surface area contributed by atoms with Crippen molar-refractivity contribution in [3.63, 3.8) is 0 Å². The lowest BCUT2D eigenvalue weighted by Gasteiger charge is -2.29. The molecule has 0 heterocycles. The van der Waals surface area contributed by atoms with Gasteiger partial charge in [-0.05, 0) is 50.6 Å². The molecule has 1 atom stereocenters. The van der Waals surface area contributed by atoms with Crippen LogP contribution >= 0.6 is 0 Å². The molecule has 5 nitrogen and oxygen atoms in total. The lowest BCUT2D eigenvalue weighted by molar-refractivity contribution is -0.142. The molecule has 0 saturated heterocycles. The first kappa shape index (κ1) is 20.4. The van der Waals surface area contributed by atoms with Crippen molar-refractivity contribution in [2.75, 3.05) is 6.61 Å². The summed E-state index contributed by atoms with van der Waals surface area (Å²) in [4.78, 5) is 26.6. The minimum absolute atomic E-state index is 0.0386. The molecule has 144 valence electrons. The summed E-state index contributed by atoms with van der Waals surface area (Å²) >= 11 is 0. The summed E-state index contributed by atoms with van der Waals surface area (Å²) in [6.45, 7) is 5.38. The van der Waals surface area contributed by atoms with E-state index in [1.165, 1.54) is 17.0 Å². The largest absolute Gasteiger partial charge is 0.484 e. The van der Waals surface area contributed by atoms with Crippen molar-refractivity contribution >= 4 is 11.8 Å². The third kappa shape index (κ3) is 6.40. The molecule has 27 heavy (non-hydrogen) atoms.